The van der Waals surface area contributed by atoms with Gasteiger partial charge in [0.25, 0.3) is 0 Å². The number of hydrogen-bond donors (Lipinski definition) is 1. The lowest BCUT2D eigenvalue weighted by atomic mass is 10.1. The lowest BCUT2D eigenvalue weighted by Crippen LogP contribution is -2.23. The number of ether oxygens (including phenoxy) is 1. The molecule has 17 heavy (non-hydrogen) atoms. The SMILES string of the molecule is COc1ccccc1CCNCCC(F)(F)F. The molecule has 0 unspecified atom stereocenters. The van der Waals surface area contributed by atoms with Crippen LogP contribution in [0.25, 0.3) is 0 Å². The summed E-state index contributed by atoms with van der Waals surface area (Å²) in [6.07, 6.45) is -4.22. The van der Waals surface area contributed by atoms with Gasteiger partial charge in [0.2, 0.25) is 0 Å². The molecule has 5 heteroatoms. The van der Waals surface area contributed by atoms with Crippen LogP contribution in [0, 0.1) is 0 Å². The van der Waals surface area contributed by atoms with Crippen LogP contribution < -0.4 is 10.1 Å². The minimum atomic E-state index is -4.09. The second-order valence-electron chi connectivity index (χ2n) is 3.68. The molecule has 0 saturated heterocycles. The molecule has 0 heterocycles. The second-order valence-corrected chi connectivity index (χ2v) is 3.68. The fourth-order valence-electron chi connectivity index (χ4n) is 1.49. The van der Waals surface area contributed by atoms with Gasteiger partial charge < -0.3 is 10.1 Å². The Morgan fingerprint density at radius 1 is 1.18 bits per heavy atom. The molecule has 0 fully saturated rings. The summed E-state index contributed by atoms with van der Waals surface area (Å²) >= 11 is 0. The number of nitrogens with one attached hydrogen (secondary N) is 1. The van der Waals surface area contributed by atoms with Gasteiger partial charge in [-0.1, -0.05) is 18.2 Å². The van der Waals surface area contributed by atoms with Gasteiger partial charge in [-0.05, 0) is 24.6 Å². The van der Waals surface area contributed by atoms with Crippen molar-refractivity contribution < 1.29 is 17.9 Å². The van der Waals surface area contributed by atoms with E-state index in [1.807, 2.05) is 24.3 Å². The summed E-state index contributed by atoms with van der Waals surface area (Å²) < 4.78 is 40.7. The van der Waals surface area contributed by atoms with Gasteiger partial charge in [-0.2, -0.15) is 13.2 Å². The zero-order chi connectivity index (χ0) is 12.7. The average molecular weight is 247 g/mol. The van der Waals surface area contributed by atoms with E-state index in [1.165, 1.54) is 0 Å². The third-order valence-corrected chi connectivity index (χ3v) is 2.35. The Bertz CT molecular complexity index is 339. The van der Waals surface area contributed by atoms with Gasteiger partial charge in [0.1, 0.15) is 5.75 Å². The molecule has 0 radical (unpaired) electrons. The summed E-state index contributed by atoms with van der Waals surface area (Å²) in [4.78, 5) is 0. The maximum atomic E-state index is 11.9. The van der Waals surface area contributed by atoms with Crippen LogP contribution in [0.5, 0.6) is 5.75 Å². The molecule has 0 aliphatic carbocycles. The molecule has 0 atom stereocenters. The van der Waals surface area contributed by atoms with Crippen molar-refractivity contribution >= 4 is 0 Å². The number of rotatable bonds is 6. The van der Waals surface area contributed by atoms with Crippen molar-refractivity contribution in [3.8, 4) is 5.75 Å². The predicted octanol–water partition coefficient (Wildman–Crippen LogP) is 2.78. The van der Waals surface area contributed by atoms with Crippen molar-refractivity contribution in [3.63, 3.8) is 0 Å². The monoisotopic (exact) mass is 247 g/mol. The molecule has 2 nitrogen and oxygen atoms in total. The van der Waals surface area contributed by atoms with Gasteiger partial charge in [0.05, 0.1) is 13.5 Å². The normalized spacial score (nSPS) is 11.5. The number of para-hydroxylation sites is 1. The van der Waals surface area contributed by atoms with E-state index < -0.39 is 12.6 Å². The lowest BCUT2D eigenvalue weighted by molar-refractivity contribution is -0.133. The minimum Gasteiger partial charge on any atom is -0.496 e. The van der Waals surface area contributed by atoms with Gasteiger partial charge in [-0.25, -0.2) is 0 Å². The number of methoxy groups -OCH3 is 1. The maximum Gasteiger partial charge on any atom is 0.390 e. The Morgan fingerprint density at radius 3 is 2.53 bits per heavy atom. The largest absolute Gasteiger partial charge is 0.496 e. The van der Waals surface area contributed by atoms with Crippen LogP contribution in [-0.4, -0.2) is 26.4 Å². The van der Waals surface area contributed by atoms with Crippen molar-refractivity contribution in [3.05, 3.63) is 29.8 Å². The first-order chi connectivity index (χ1) is 8.03. The topological polar surface area (TPSA) is 21.3 Å². The quantitative estimate of drug-likeness (QED) is 0.780. The van der Waals surface area contributed by atoms with Crippen LogP contribution in [0.4, 0.5) is 13.2 Å². The predicted molar refractivity (Wildman–Crippen MR) is 60.2 cm³/mol. The van der Waals surface area contributed by atoms with Gasteiger partial charge in [-0.15, -0.1) is 0 Å². The fraction of sp³-hybridized carbons (Fsp3) is 0.500. The molecule has 96 valence electrons. The number of halogens is 3. The van der Waals surface area contributed by atoms with Crippen LogP contribution in [-0.2, 0) is 6.42 Å². The fourth-order valence-corrected chi connectivity index (χ4v) is 1.49. The summed E-state index contributed by atoms with van der Waals surface area (Å²) in [5.41, 5.74) is 0.995. The number of hydrogen-bond acceptors (Lipinski definition) is 2. The zero-order valence-corrected chi connectivity index (χ0v) is 9.68. The summed E-state index contributed by atoms with van der Waals surface area (Å²) in [6, 6.07) is 7.49. The molecular formula is C12H16F3NO. The molecule has 1 aromatic rings. The van der Waals surface area contributed by atoms with Crippen molar-refractivity contribution in [1.82, 2.24) is 5.32 Å². The van der Waals surface area contributed by atoms with E-state index in [4.69, 9.17) is 4.74 Å². The Morgan fingerprint density at radius 2 is 1.88 bits per heavy atom. The molecular weight excluding hydrogens is 231 g/mol. The highest BCUT2D eigenvalue weighted by atomic mass is 19.4. The number of alkyl halides is 3. The van der Waals surface area contributed by atoms with Crippen LogP contribution in [0.1, 0.15) is 12.0 Å². The Kier molecular flexibility index (Phi) is 5.28. The lowest BCUT2D eigenvalue weighted by Gasteiger charge is -2.10. The molecule has 1 aromatic carbocycles. The van der Waals surface area contributed by atoms with Crippen molar-refractivity contribution in [2.75, 3.05) is 20.2 Å². The molecule has 1 N–H and O–H groups in total. The van der Waals surface area contributed by atoms with Crippen molar-refractivity contribution in [2.45, 2.75) is 19.0 Å². The van der Waals surface area contributed by atoms with E-state index in [0.717, 1.165) is 11.3 Å². The van der Waals surface area contributed by atoms with Crippen molar-refractivity contribution in [1.29, 1.82) is 0 Å². The first-order valence-corrected chi connectivity index (χ1v) is 5.42. The highest BCUT2D eigenvalue weighted by Gasteiger charge is 2.25. The molecule has 0 aromatic heterocycles. The Balaban J connectivity index is 2.27. The third kappa shape index (κ3) is 5.58. The molecule has 0 aliphatic rings. The third-order valence-electron chi connectivity index (χ3n) is 2.35. The highest BCUT2D eigenvalue weighted by molar-refractivity contribution is 5.33. The maximum absolute atomic E-state index is 11.9. The van der Waals surface area contributed by atoms with Crippen LogP contribution in [0.15, 0.2) is 24.3 Å². The molecule has 0 aliphatic heterocycles. The average Bonchev–Trinajstić information content (AvgIpc) is 2.27. The summed E-state index contributed by atoms with van der Waals surface area (Å²) in [5, 5.41) is 2.77. The van der Waals surface area contributed by atoms with Gasteiger partial charge in [-0.3, -0.25) is 0 Å². The van der Waals surface area contributed by atoms with E-state index in [2.05, 4.69) is 5.32 Å². The van der Waals surface area contributed by atoms with Gasteiger partial charge in [0, 0.05) is 6.54 Å². The molecule has 0 amide bonds. The van der Waals surface area contributed by atoms with Crippen LogP contribution in [0.2, 0.25) is 0 Å². The van der Waals surface area contributed by atoms with Crippen LogP contribution >= 0.6 is 0 Å². The molecule has 0 saturated carbocycles. The zero-order valence-electron chi connectivity index (χ0n) is 9.68. The first kappa shape index (κ1) is 13.8. The first-order valence-electron chi connectivity index (χ1n) is 5.42. The van der Waals surface area contributed by atoms with Crippen molar-refractivity contribution in [2.24, 2.45) is 0 Å². The Labute approximate surface area is 98.8 Å². The highest BCUT2D eigenvalue weighted by Crippen LogP contribution is 2.19. The smallest absolute Gasteiger partial charge is 0.390 e. The molecule has 0 spiro atoms. The minimum absolute atomic E-state index is 0.0430. The summed E-state index contributed by atoms with van der Waals surface area (Å²) in [7, 11) is 1.58. The van der Waals surface area contributed by atoms with E-state index in [0.29, 0.717) is 13.0 Å². The van der Waals surface area contributed by atoms with E-state index in [-0.39, 0.29) is 6.54 Å². The van der Waals surface area contributed by atoms with Gasteiger partial charge in [0.15, 0.2) is 0 Å². The van der Waals surface area contributed by atoms with E-state index >= 15 is 0 Å². The van der Waals surface area contributed by atoms with E-state index in [1.54, 1.807) is 7.11 Å². The van der Waals surface area contributed by atoms with Crippen LogP contribution in [0.3, 0.4) is 0 Å². The molecule has 1 rings (SSSR count). The molecule has 0 bridgehead atoms. The summed E-state index contributed by atoms with van der Waals surface area (Å²) in [5.74, 6) is 0.769. The standard InChI is InChI=1S/C12H16F3NO/c1-17-11-5-3-2-4-10(11)6-8-16-9-7-12(13,14)15/h2-5,16H,6-9H2,1H3. The summed E-state index contributed by atoms with van der Waals surface area (Å²) in [6.45, 7) is 0.467. The second kappa shape index (κ2) is 6.49. The van der Waals surface area contributed by atoms with Gasteiger partial charge >= 0.3 is 6.18 Å². The Hall–Kier alpha value is -1.23. The number of benzene rings is 1. The van der Waals surface area contributed by atoms with E-state index in [9.17, 15) is 13.2 Å².